The largest absolute Gasteiger partial charge is 0.493 e. The molecule has 134 valence electrons. The minimum absolute atomic E-state index is 0.0382. The van der Waals surface area contributed by atoms with Crippen LogP contribution < -0.4 is 14.8 Å². The van der Waals surface area contributed by atoms with Crippen molar-refractivity contribution < 1.29 is 14.3 Å². The SMILES string of the molecule is COc1cc2c(cc1OC)CN(/C=C1/C(=O)Nc3cc(C)ccc31)CC2. The fourth-order valence-corrected chi connectivity index (χ4v) is 3.63. The Labute approximate surface area is 153 Å². The van der Waals surface area contributed by atoms with E-state index in [4.69, 9.17) is 9.47 Å². The first kappa shape index (κ1) is 16.5. The number of methoxy groups -OCH3 is 2. The number of carbonyl (C=O) groups excluding carboxylic acids is 1. The van der Waals surface area contributed by atoms with E-state index in [0.29, 0.717) is 0 Å². The van der Waals surface area contributed by atoms with E-state index in [0.717, 1.165) is 53.4 Å². The molecule has 1 amide bonds. The first-order valence-electron chi connectivity index (χ1n) is 8.71. The van der Waals surface area contributed by atoms with Crippen LogP contribution in [0.15, 0.2) is 36.5 Å². The van der Waals surface area contributed by atoms with Crippen LogP contribution in [0.1, 0.15) is 22.3 Å². The summed E-state index contributed by atoms with van der Waals surface area (Å²) < 4.78 is 10.8. The Balaban J connectivity index is 1.64. The molecule has 5 nitrogen and oxygen atoms in total. The minimum Gasteiger partial charge on any atom is -0.493 e. The highest BCUT2D eigenvalue weighted by Gasteiger charge is 2.26. The van der Waals surface area contributed by atoms with Gasteiger partial charge in [-0.3, -0.25) is 4.79 Å². The summed E-state index contributed by atoms with van der Waals surface area (Å²) >= 11 is 0. The highest BCUT2D eigenvalue weighted by molar-refractivity contribution is 6.31. The lowest BCUT2D eigenvalue weighted by Gasteiger charge is -2.29. The molecule has 1 N–H and O–H groups in total. The van der Waals surface area contributed by atoms with Gasteiger partial charge >= 0.3 is 0 Å². The maximum absolute atomic E-state index is 12.4. The predicted molar refractivity (Wildman–Crippen MR) is 101 cm³/mol. The fraction of sp³-hybridized carbons (Fsp3) is 0.286. The molecule has 0 spiro atoms. The molecule has 4 rings (SSSR count). The maximum atomic E-state index is 12.4. The van der Waals surface area contributed by atoms with Gasteiger partial charge in [0, 0.05) is 30.5 Å². The van der Waals surface area contributed by atoms with Crippen molar-refractivity contribution in [3.63, 3.8) is 0 Å². The van der Waals surface area contributed by atoms with Crippen LogP contribution in [-0.2, 0) is 17.8 Å². The summed E-state index contributed by atoms with van der Waals surface area (Å²) in [6, 6.07) is 10.1. The summed E-state index contributed by atoms with van der Waals surface area (Å²) in [5.41, 5.74) is 6.20. The second kappa shape index (κ2) is 6.41. The number of nitrogens with zero attached hydrogens (tertiary/aromatic N) is 1. The van der Waals surface area contributed by atoms with E-state index in [1.165, 1.54) is 11.1 Å². The van der Waals surface area contributed by atoms with Gasteiger partial charge in [0.15, 0.2) is 11.5 Å². The maximum Gasteiger partial charge on any atom is 0.257 e. The third kappa shape index (κ3) is 2.79. The quantitative estimate of drug-likeness (QED) is 0.863. The van der Waals surface area contributed by atoms with E-state index in [9.17, 15) is 4.79 Å². The van der Waals surface area contributed by atoms with Crippen molar-refractivity contribution in [3.8, 4) is 11.5 Å². The molecule has 0 atom stereocenters. The summed E-state index contributed by atoms with van der Waals surface area (Å²) in [4.78, 5) is 14.6. The minimum atomic E-state index is -0.0382. The van der Waals surface area contributed by atoms with Crippen molar-refractivity contribution >= 4 is 17.2 Å². The van der Waals surface area contributed by atoms with Crippen LogP contribution in [-0.4, -0.2) is 31.6 Å². The van der Waals surface area contributed by atoms with Gasteiger partial charge in [-0.2, -0.15) is 0 Å². The highest BCUT2D eigenvalue weighted by Crippen LogP contribution is 2.35. The second-order valence-corrected chi connectivity index (χ2v) is 6.74. The molecule has 2 heterocycles. The molecule has 0 aromatic heterocycles. The molecule has 2 aliphatic rings. The number of ether oxygens (including phenoxy) is 2. The molecule has 0 saturated carbocycles. The van der Waals surface area contributed by atoms with E-state index in [1.807, 2.05) is 37.4 Å². The monoisotopic (exact) mass is 350 g/mol. The normalized spacial score (nSPS) is 17.0. The van der Waals surface area contributed by atoms with Gasteiger partial charge in [-0.25, -0.2) is 0 Å². The standard InChI is InChI=1S/C21H22N2O3/c1-13-4-5-16-17(21(24)22-18(16)8-13)12-23-7-6-14-9-19(25-2)20(26-3)10-15(14)11-23/h4-5,8-10,12H,6-7,11H2,1-3H3,(H,22,24)/b17-12+. The van der Waals surface area contributed by atoms with Crippen LogP contribution in [0, 0.1) is 6.92 Å². The zero-order chi connectivity index (χ0) is 18.3. The summed E-state index contributed by atoms with van der Waals surface area (Å²) in [5, 5.41) is 2.96. The van der Waals surface area contributed by atoms with E-state index in [1.54, 1.807) is 14.2 Å². The predicted octanol–water partition coefficient (Wildman–Crippen LogP) is 3.36. The number of anilines is 1. The Hall–Kier alpha value is -2.95. The molecule has 2 aliphatic heterocycles. The zero-order valence-electron chi connectivity index (χ0n) is 15.3. The third-order valence-corrected chi connectivity index (χ3v) is 5.02. The van der Waals surface area contributed by atoms with Crippen LogP contribution in [0.3, 0.4) is 0 Å². The molecular weight excluding hydrogens is 328 g/mol. The molecule has 0 fully saturated rings. The van der Waals surface area contributed by atoms with Crippen molar-refractivity contribution in [1.29, 1.82) is 0 Å². The number of amides is 1. The molecule has 26 heavy (non-hydrogen) atoms. The van der Waals surface area contributed by atoms with Crippen LogP contribution in [0.2, 0.25) is 0 Å². The lowest BCUT2D eigenvalue weighted by Crippen LogP contribution is -2.26. The first-order chi connectivity index (χ1) is 12.6. The fourth-order valence-electron chi connectivity index (χ4n) is 3.63. The van der Waals surface area contributed by atoms with Gasteiger partial charge in [0.05, 0.1) is 19.8 Å². The number of fused-ring (bicyclic) bond motifs is 2. The summed E-state index contributed by atoms with van der Waals surface area (Å²) in [6.07, 6.45) is 2.89. The molecule has 0 saturated heterocycles. The Bertz CT molecular complexity index is 918. The number of hydrogen-bond acceptors (Lipinski definition) is 4. The number of nitrogens with one attached hydrogen (secondary N) is 1. The van der Waals surface area contributed by atoms with Crippen LogP contribution >= 0.6 is 0 Å². The van der Waals surface area contributed by atoms with Gasteiger partial charge in [-0.15, -0.1) is 0 Å². The average molecular weight is 350 g/mol. The van der Waals surface area contributed by atoms with Crippen LogP contribution in [0.5, 0.6) is 11.5 Å². The van der Waals surface area contributed by atoms with Crippen LogP contribution in [0.25, 0.3) is 5.57 Å². The number of rotatable bonds is 3. The number of benzene rings is 2. The van der Waals surface area contributed by atoms with Gasteiger partial charge in [0.1, 0.15) is 0 Å². The molecule has 0 aliphatic carbocycles. The summed E-state index contributed by atoms with van der Waals surface area (Å²) in [6.45, 7) is 3.63. The number of carbonyl (C=O) groups is 1. The summed E-state index contributed by atoms with van der Waals surface area (Å²) in [5.74, 6) is 1.46. The molecule has 5 heteroatoms. The van der Waals surface area contributed by atoms with Crippen molar-refractivity contribution in [2.45, 2.75) is 19.9 Å². The Morgan fingerprint density at radius 2 is 1.81 bits per heavy atom. The lowest BCUT2D eigenvalue weighted by atomic mass is 9.98. The van der Waals surface area contributed by atoms with Gasteiger partial charge in [-0.1, -0.05) is 12.1 Å². The number of aryl methyl sites for hydroxylation is 1. The first-order valence-corrected chi connectivity index (χ1v) is 8.71. The molecule has 2 aromatic rings. The zero-order valence-corrected chi connectivity index (χ0v) is 15.3. The van der Waals surface area contributed by atoms with E-state index in [-0.39, 0.29) is 5.91 Å². The van der Waals surface area contributed by atoms with Crippen LogP contribution in [0.4, 0.5) is 5.69 Å². The van der Waals surface area contributed by atoms with Crippen molar-refractivity contribution in [2.75, 3.05) is 26.1 Å². The van der Waals surface area contributed by atoms with Crippen molar-refractivity contribution in [3.05, 3.63) is 58.8 Å². The van der Waals surface area contributed by atoms with Gasteiger partial charge in [0.25, 0.3) is 5.91 Å². The van der Waals surface area contributed by atoms with Crippen molar-refractivity contribution in [1.82, 2.24) is 4.90 Å². The molecular formula is C21H22N2O3. The Morgan fingerprint density at radius 3 is 2.54 bits per heavy atom. The van der Waals surface area contributed by atoms with Gasteiger partial charge in [-0.05, 0) is 48.2 Å². The summed E-state index contributed by atoms with van der Waals surface area (Å²) in [7, 11) is 3.30. The highest BCUT2D eigenvalue weighted by atomic mass is 16.5. The second-order valence-electron chi connectivity index (χ2n) is 6.74. The van der Waals surface area contributed by atoms with E-state index in [2.05, 4.69) is 16.3 Å². The third-order valence-electron chi connectivity index (χ3n) is 5.02. The van der Waals surface area contributed by atoms with E-state index < -0.39 is 0 Å². The smallest absolute Gasteiger partial charge is 0.257 e. The van der Waals surface area contributed by atoms with E-state index >= 15 is 0 Å². The molecule has 0 bridgehead atoms. The Morgan fingerprint density at radius 1 is 1.08 bits per heavy atom. The topological polar surface area (TPSA) is 50.8 Å². The number of hydrogen-bond donors (Lipinski definition) is 1. The molecule has 2 aromatic carbocycles. The lowest BCUT2D eigenvalue weighted by molar-refractivity contribution is -0.110. The van der Waals surface area contributed by atoms with Gasteiger partial charge < -0.3 is 19.7 Å². The molecule has 0 radical (unpaired) electrons. The average Bonchev–Trinajstić information content (AvgIpc) is 2.94. The molecule has 0 unspecified atom stereocenters. The Kier molecular flexibility index (Phi) is 4.07. The van der Waals surface area contributed by atoms with Gasteiger partial charge in [0.2, 0.25) is 0 Å². The van der Waals surface area contributed by atoms with Crippen molar-refractivity contribution in [2.24, 2.45) is 0 Å².